The second kappa shape index (κ2) is 7.08. The third-order valence-corrected chi connectivity index (χ3v) is 3.10. The van der Waals surface area contributed by atoms with Crippen LogP contribution in [-0.4, -0.2) is 38.5 Å². The van der Waals surface area contributed by atoms with Crippen LogP contribution in [0.2, 0.25) is 0 Å². The van der Waals surface area contributed by atoms with Crippen molar-refractivity contribution < 1.29 is 24.6 Å². The highest BCUT2D eigenvalue weighted by atomic mass is 127. The highest BCUT2D eigenvalue weighted by molar-refractivity contribution is 14.1. The number of carboxylic acid groups (broad SMARTS) is 1. The van der Waals surface area contributed by atoms with Crippen molar-refractivity contribution in [2.24, 2.45) is 0 Å². The van der Waals surface area contributed by atoms with Crippen LogP contribution in [0.4, 0.5) is 5.69 Å². The zero-order valence-corrected chi connectivity index (χ0v) is 12.7. The quantitative estimate of drug-likeness (QED) is 0.440. The first-order valence-corrected chi connectivity index (χ1v) is 7.10. The Kier molecular flexibility index (Phi) is 5.74. The van der Waals surface area contributed by atoms with Crippen LogP contribution in [0, 0.1) is 0 Å². The number of nitrogens with one attached hydrogen (secondary N) is 2. The van der Waals surface area contributed by atoms with Crippen molar-refractivity contribution in [1.82, 2.24) is 5.32 Å². The lowest BCUT2D eigenvalue weighted by atomic mass is 10.1. The van der Waals surface area contributed by atoms with Crippen molar-refractivity contribution in [3.8, 4) is 5.75 Å². The molecule has 0 bridgehead atoms. The zero-order chi connectivity index (χ0) is 15.3. The molecule has 0 aliphatic heterocycles. The summed E-state index contributed by atoms with van der Waals surface area (Å²) in [6.45, 7) is 1.47. The number of alkyl halides is 1. The third kappa shape index (κ3) is 4.08. The number of carbonyl (C=O) groups is 3. The summed E-state index contributed by atoms with van der Waals surface area (Å²) in [4.78, 5) is 34.1. The summed E-state index contributed by atoms with van der Waals surface area (Å²) >= 11 is 1.86. The van der Waals surface area contributed by atoms with Crippen LogP contribution in [0.3, 0.4) is 0 Å². The number of carbonyl (C=O) groups excluding carboxylic acids is 2. The molecular weight excluding hydrogens is 379 g/mol. The number of benzene rings is 1. The number of aromatic hydroxyl groups is 1. The molecule has 0 saturated heterocycles. The minimum absolute atomic E-state index is 0.0296. The molecule has 1 unspecified atom stereocenters. The van der Waals surface area contributed by atoms with Crippen molar-refractivity contribution >= 4 is 46.1 Å². The SMILES string of the molecule is CC(NC(=O)CI)C(=O)Nc1cccc(O)c1C(=O)O. The molecule has 20 heavy (non-hydrogen) atoms. The molecule has 2 amide bonds. The van der Waals surface area contributed by atoms with Gasteiger partial charge in [-0.1, -0.05) is 28.7 Å². The first-order valence-electron chi connectivity index (χ1n) is 5.58. The summed E-state index contributed by atoms with van der Waals surface area (Å²) < 4.78 is 0.210. The molecule has 0 heterocycles. The Labute approximate surface area is 128 Å². The average molecular weight is 392 g/mol. The molecule has 0 saturated carbocycles. The molecule has 0 fully saturated rings. The predicted octanol–water partition coefficient (Wildman–Crippen LogP) is 0.969. The van der Waals surface area contributed by atoms with Crippen molar-refractivity contribution in [3.63, 3.8) is 0 Å². The number of phenols is 1. The van der Waals surface area contributed by atoms with Crippen molar-refractivity contribution in [2.75, 3.05) is 9.74 Å². The van der Waals surface area contributed by atoms with E-state index in [2.05, 4.69) is 10.6 Å². The van der Waals surface area contributed by atoms with Crippen LogP contribution >= 0.6 is 22.6 Å². The Balaban J connectivity index is 2.88. The van der Waals surface area contributed by atoms with Gasteiger partial charge in [-0.05, 0) is 19.1 Å². The molecule has 7 nitrogen and oxygen atoms in total. The molecule has 1 aromatic carbocycles. The van der Waals surface area contributed by atoms with Crippen LogP contribution in [0.1, 0.15) is 17.3 Å². The predicted molar refractivity (Wildman–Crippen MR) is 80.2 cm³/mol. The van der Waals surface area contributed by atoms with Gasteiger partial charge in [0, 0.05) is 0 Å². The summed E-state index contributed by atoms with van der Waals surface area (Å²) in [6.07, 6.45) is 0. The number of anilines is 1. The van der Waals surface area contributed by atoms with Gasteiger partial charge in [-0.25, -0.2) is 4.79 Å². The largest absolute Gasteiger partial charge is 0.507 e. The van der Waals surface area contributed by atoms with E-state index in [1.54, 1.807) is 0 Å². The maximum Gasteiger partial charge on any atom is 0.341 e. The van der Waals surface area contributed by atoms with E-state index < -0.39 is 29.2 Å². The summed E-state index contributed by atoms with van der Waals surface area (Å²) in [7, 11) is 0. The molecule has 0 aliphatic rings. The van der Waals surface area contributed by atoms with Gasteiger partial charge in [0.25, 0.3) is 0 Å². The van der Waals surface area contributed by atoms with E-state index in [0.717, 1.165) is 0 Å². The molecule has 0 aliphatic carbocycles. The minimum atomic E-state index is -1.36. The molecule has 108 valence electrons. The number of hydrogen-bond acceptors (Lipinski definition) is 4. The van der Waals surface area contributed by atoms with Gasteiger partial charge < -0.3 is 20.8 Å². The lowest BCUT2D eigenvalue weighted by molar-refractivity contribution is -0.124. The maximum atomic E-state index is 11.8. The Morgan fingerprint density at radius 3 is 2.55 bits per heavy atom. The number of halogens is 1. The molecule has 1 rings (SSSR count). The van der Waals surface area contributed by atoms with E-state index in [1.165, 1.54) is 25.1 Å². The van der Waals surface area contributed by atoms with Gasteiger partial charge in [0.15, 0.2) is 0 Å². The zero-order valence-electron chi connectivity index (χ0n) is 10.5. The molecule has 0 aromatic heterocycles. The topological polar surface area (TPSA) is 116 Å². The van der Waals surface area contributed by atoms with Crippen molar-refractivity contribution in [2.45, 2.75) is 13.0 Å². The fourth-order valence-corrected chi connectivity index (χ4v) is 1.68. The molecular formula is C12H13IN2O5. The molecule has 4 N–H and O–H groups in total. The van der Waals surface area contributed by atoms with E-state index >= 15 is 0 Å². The summed E-state index contributed by atoms with van der Waals surface area (Å²) in [5.41, 5.74) is -0.425. The fourth-order valence-electron chi connectivity index (χ4n) is 1.46. The highest BCUT2D eigenvalue weighted by Gasteiger charge is 2.20. The van der Waals surface area contributed by atoms with E-state index in [0.29, 0.717) is 0 Å². The smallest absolute Gasteiger partial charge is 0.341 e. The van der Waals surface area contributed by atoms with Crippen molar-refractivity contribution in [1.29, 1.82) is 0 Å². The highest BCUT2D eigenvalue weighted by Crippen LogP contribution is 2.25. The number of aromatic carboxylic acids is 1. The van der Waals surface area contributed by atoms with E-state index in [4.69, 9.17) is 5.11 Å². The number of rotatable bonds is 5. The van der Waals surface area contributed by atoms with Gasteiger partial charge in [0.1, 0.15) is 17.4 Å². The van der Waals surface area contributed by atoms with Gasteiger partial charge in [0.05, 0.1) is 10.1 Å². The van der Waals surface area contributed by atoms with Gasteiger partial charge in [-0.2, -0.15) is 0 Å². The van der Waals surface area contributed by atoms with Gasteiger partial charge in [-0.3, -0.25) is 9.59 Å². The standard InChI is InChI=1S/C12H13IN2O5/c1-6(14-9(17)5-13)11(18)15-7-3-2-4-8(16)10(7)12(19)20/h2-4,6,16H,5H2,1H3,(H,14,17)(H,15,18)(H,19,20). The molecule has 1 aromatic rings. The molecule has 8 heteroatoms. The number of carboxylic acids is 1. The number of hydrogen-bond donors (Lipinski definition) is 4. The Bertz CT molecular complexity index is 547. The summed E-state index contributed by atoms with van der Waals surface area (Å²) in [6, 6.07) is 3.15. The second-order valence-corrected chi connectivity index (χ2v) is 4.68. The first-order chi connectivity index (χ1) is 9.36. The van der Waals surface area contributed by atoms with Gasteiger partial charge in [-0.15, -0.1) is 0 Å². The van der Waals surface area contributed by atoms with Crippen LogP contribution in [0.15, 0.2) is 18.2 Å². The normalized spacial score (nSPS) is 11.5. The molecule has 1 atom stereocenters. The summed E-state index contributed by atoms with van der Waals surface area (Å²) in [5.74, 6) is -2.68. The Hall–Kier alpha value is -1.84. The van der Waals surface area contributed by atoms with Crippen molar-refractivity contribution in [3.05, 3.63) is 23.8 Å². The summed E-state index contributed by atoms with van der Waals surface area (Å²) in [5, 5.41) is 23.3. The van der Waals surface area contributed by atoms with Crippen LogP contribution in [-0.2, 0) is 9.59 Å². The van der Waals surface area contributed by atoms with E-state index in [-0.39, 0.29) is 16.0 Å². The second-order valence-electron chi connectivity index (χ2n) is 3.92. The van der Waals surface area contributed by atoms with Gasteiger partial charge >= 0.3 is 5.97 Å². The molecule has 0 radical (unpaired) electrons. The van der Waals surface area contributed by atoms with E-state index in [1.807, 2.05) is 22.6 Å². The van der Waals surface area contributed by atoms with Crippen LogP contribution in [0.5, 0.6) is 5.75 Å². The molecule has 0 spiro atoms. The van der Waals surface area contributed by atoms with Gasteiger partial charge in [0.2, 0.25) is 11.8 Å². The number of amides is 2. The lowest BCUT2D eigenvalue weighted by Crippen LogP contribution is -2.42. The minimum Gasteiger partial charge on any atom is -0.507 e. The van der Waals surface area contributed by atoms with Crippen LogP contribution < -0.4 is 10.6 Å². The maximum absolute atomic E-state index is 11.8. The third-order valence-electron chi connectivity index (χ3n) is 2.41. The Morgan fingerprint density at radius 1 is 1.35 bits per heavy atom. The lowest BCUT2D eigenvalue weighted by Gasteiger charge is -2.15. The first kappa shape index (κ1) is 16.2. The monoisotopic (exact) mass is 392 g/mol. The van der Waals surface area contributed by atoms with Crippen LogP contribution in [0.25, 0.3) is 0 Å². The van der Waals surface area contributed by atoms with E-state index in [9.17, 15) is 19.5 Å². The Morgan fingerprint density at radius 2 is 2.00 bits per heavy atom. The fraction of sp³-hybridized carbons (Fsp3) is 0.250. The average Bonchev–Trinajstić information content (AvgIpc) is 2.37.